The number of carbonyl (C=O) groups is 2. The lowest BCUT2D eigenvalue weighted by atomic mass is 10.1. The molecular weight excluding hydrogens is 477 g/mol. The molecule has 0 aliphatic rings. The van der Waals surface area contributed by atoms with Crippen molar-refractivity contribution in [3.05, 3.63) is 59.9 Å². The van der Waals surface area contributed by atoms with E-state index in [0.29, 0.717) is 24.5 Å². The minimum atomic E-state index is -2.76. The Kier molecular flexibility index (Phi) is 11.5. The number of hydrogen-bond acceptors (Lipinski definition) is 4. The van der Waals surface area contributed by atoms with Gasteiger partial charge in [-0.15, -0.1) is 0 Å². The number of nitrogens with one attached hydrogen (secondary N) is 1. The topological polar surface area (TPSA) is 88.1 Å². The summed E-state index contributed by atoms with van der Waals surface area (Å²) >= 11 is 0. The molecule has 0 aromatic heterocycles. The molecule has 0 fully saturated rings. The van der Waals surface area contributed by atoms with Gasteiger partial charge in [0.25, 0.3) is 0 Å². The predicted octanol–water partition coefficient (Wildman–Crippen LogP) is 5.60. The van der Waals surface area contributed by atoms with Crippen molar-refractivity contribution < 1.29 is 37.3 Å². The summed E-state index contributed by atoms with van der Waals surface area (Å²) in [6.45, 7) is 3.49. The molecule has 2 aromatic rings. The zero-order chi connectivity index (χ0) is 26.6. The summed E-state index contributed by atoms with van der Waals surface area (Å²) in [4.78, 5) is 25.5. The van der Waals surface area contributed by atoms with E-state index in [1.807, 2.05) is 0 Å². The van der Waals surface area contributed by atoms with Crippen molar-refractivity contribution in [2.75, 3.05) is 31.6 Å². The predicted molar refractivity (Wildman–Crippen MR) is 130 cm³/mol. The molecule has 1 unspecified atom stereocenters. The van der Waals surface area contributed by atoms with Gasteiger partial charge < -0.3 is 24.8 Å². The van der Waals surface area contributed by atoms with E-state index < -0.39 is 29.8 Å². The maximum absolute atomic E-state index is 13.1. The number of alkyl halides is 2. The third-order valence-corrected chi connectivity index (χ3v) is 5.29. The molecular formula is C26H33F3N2O5. The zero-order valence-electron chi connectivity index (χ0n) is 20.5. The number of aliphatic carboxylic acids is 1. The highest BCUT2D eigenvalue weighted by atomic mass is 19.3. The normalized spacial score (nSPS) is 12.1. The zero-order valence-corrected chi connectivity index (χ0v) is 20.5. The number of halogens is 3. The first-order chi connectivity index (χ1) is 17.1. The van der Waals surface area contributed by atoms with Crippen LogP contribution in [0, 0.1) is 5.82 Å². The Labute approximate surface area is 209 Å². The van der Waals surface area contributed by atoms with Crippen molar-refractivity contribution in [2.24, 2.45) is 0 Å². The van der Waals surface area contributed by atoms with Gasteiger partial charge in [-0.1, -0.05) is 12.1 Å². The Hall–Kier alpha value is -3.27. The van der Waals surface area contributed by atoms with Gasteiger partial charge in [0.1, 0.15) is 18.2 Å². The van der Waals surface area contributed by atoms with Crippen molar-refractivity contribution in [1.29, 1.82) is 0 Å². The molecule has 2 rings (SSSR count). The number of hydrogen-bond donors (Lipinski definition) is 2. The van der Waals surface area contributed by atoms with Gasteiger partial charge in [0, 0.05) is 31.7 Å². The first-order valence-corrected chi connectivity index (χ1v) is 11.8. The standard InChI is InChI=1S/C26H33F3N2O5/c1-3-35-23(24(32)33)18-19-6-12-22(13-7-19)36-17-16-31(15-5-4-14-26(2,28)29)25(34)30-21-10-8-20(27)9-11-21/h6-13,23H,3-5,14-18H2,1-2H3,(H,30,34)(H,32,33). The van der Waals surface area contributed by atoms with Crippen LogP contribution in [0.2, 0.25) is 0 Å². The molecule has 198 valence electrons. The van der Waals surface area contributed by atoms with Gasteiger partial charge in [-0.05, 0) is 68.7 Å². The minimum Gasteiger partial charge on any atom is -0.492 e. The summed E-state index contributed by atoms with van der Waals surface area (Å²) in [5.41, 5.74) is 1.19. The minimum absolute atomic E-state index is 0.150. The monoisotopic (exact) mass is 510 g/mol. The van der Waals surface area contributed by atoms with E-state index in [1.54, 1.807) is 31.2 Å². The molecule has 0 spiro atoms. The molecule has 0 heterocycles. The average molecular weight is 511 g/mol. The van der Waals surface area contributed by atoms with Crippen molar-refractivity contribution in [3.63, 3.8) is 0 Å². The molecule has 0 bridgehead atoms. The van der Waals surface area contributed by atoms with Crippen molar-refractivity contribution in [2.45, 2.75) is 51.6 Å². The van der Waals surface area contributed by atoms with Crippen LogP contribution in [-0.4, -0.2) is 60.3 Å². The van der Waals surface area contributed by atoms with E-state index >= 15 is 0 Å². The summed E-state index contributed by atoms with van der Waals surface area (Å²) in [5.74, 6) is -3.68. The Bertz CT molecular complexity index is 950. The van der Waals surface area contributed by atoms with Gasteiger partial charge in [-0.2, -0.15) is 0 Å². The van der Waals surface area contributed by atoms with Crippen LogP contribution in [0.25, 0.3) is 0 Å². The lowest BCUT2D eigenvalue weighted by Gasteiger charge is -2.23. The van der Waals surface area contributed by atoms with Crippen LogP contribution in [0.5, 0.6) is 5.75 Å². The van der Waals surface area contributed by atoms with Gasteiger partial charge in [0.2, 0.25) is 5.92 Å². The van der Waals surface area contributed by atoms with Crippen LogP contribution in [0.15, 0.2) is 48.5 Å². The second-order valence-electron chi connectivity index (χ2n) is 8.43. The second kappa shape index (κ2) is 14.3. The highest BCUT2D eigenvalue weighted by Crippen LogP contribution is 2.20. The molecule has 36 heavy (non-hydrogen) atoms. The van der Waals surface area contributed by atoms with Crippen molar-refractivity contribution in [3.8, 4) is 5.75 Å². The Morgan fingerprint density at radius 1 is 1.06 bits per heavy atom. The van der Waals surface area contributed by atoms with Gasteiger partial charge >= 0.3 is 12.0 Å². The number of amides is 2. The van der Waals surface area contributed by atoms with Crippen LogP contribution in [0.1, 0.15) is 38.7 Å². The lowest BCUT2D eigenvalue weighted by molar-refractivity contribution is -0.149. The highest BCUT2D eigenvalue weighted by molar-refractivity contribution is 5.89. The fraction of sp³-hybridized carbons (Fsp3) is 0.462. The van der Waals surface area contributed by atoms with E-state index in [0.717, 1.165) is 12.5 Å². The van der Waals surface area contributed by atoms with Crippen LogP contribution in [-0.2, 0) is 16.0 Å². The van der Waals surface area contributed by atoms with Crippen LogP contribution in [0.3, 0.4) is 0 Å². The molecule has 2 aromatic carbocycles. The maximum Gasteiger partial charge on any atom is 0.333 e. The fourth-order valence-corrected chi connectivity index (χ4v) is 3.42. The van der Waals surface area contributed by atoms with Crippen LogP contribution >= 0.6 is 0 Å². The molecule has 0 aliphatic heterocycles. The van der Waals surface area contributed by atoms with E-state index in [1.165, 1.54) is 29.2 Å². The molecule has 2 N–H and O–H groups in total. The first-order valence-electron chi connectivity index (χ1n) is 11.8. The molecule has 0 aliphatic carbocycles. The fourth-order valence-electron chi connectivity index (χ4n) is 3.42. The number of urea groups is 1. The summed E-state index contributed by atoms with van der Waals surface area (Å²) in [7, 11) is 0. The van der Waals surface area contributed by atoms with Crippen LogP contribution in [0.4, 0.5) is 23.7 Å². The SMILES string of the molecule is CCOC(Cc1ccc(OCCN(CCCCC(C)(F)F)C(=O)Nc2ccc(F)cc2)cc1)C(=O)O. The number of carboxylic acid groups (broad SMARTS) is 1. The van der Waals surface area contributed by atoms with Crippen molar-refractivity contribution >= 4 is 17.7 Å². The number of benzene rings is 2. The third kappa shape index (κ3) is 11.0. The number of nitrogens with zero attached hydrogens (tertiary/aromatic N) is 1. The second-order valence-corrected chi connectivity index (χ2v) is 8.43. The Morgan fingerprint density at radius 3 is 2.31 bits per heavy atom. The van der Waals surface area contributed by atoms with Crippen molar-refractivity contribution in [1.82, 2.24) is 4.90 Å². The highest BCUT2D eigenvalue weighted by Gasteiger charge is 2.21. The molecule has 7 nitrogen and oxygen atoms in total. The van der Waals surface area contributed by atoms with Gasteiger partial charge in [-0.3, -0.25) is 0 Å². The number of ether oxygens (including phenoxy) is 2. The number of unbranched alkanes of at least 4 members (excludes halogenated alkanes) is 1. The average Bonchev–Trinajstić information content (AvgIpc) is 2.82. The Balaban J connectivity index is 1.92. The number of carbonyl (C=O) groups excluding carboxylic acids is 1. The molecule has 1 atom stereocenters. The van der Waals surface area contributed by atoms with E-state index in [-0.39, 0.29) is 39.0 Å². The van der Waals surface area contributed by atoms with E-state index in [2.05, 4.69) is 5.32 Å². The number of carboxylic acids is 1. The van der Waals surface area contributed by atoms with E-state index in [4.69, 9.17) is 9.47 Å². The van der Waals surface area contributed by atoms with Crippen LogP contribution < -0.4 is 10.1 Å². The molecule has 2 amide bonds. The quantitative estimate of drug-likeness (QED) is 0.305. The smallest absolute Gasteiger partial charge is 0.333 e. The lowest BCUT2D eigenvalue weighted by Crippen LogP contribution is -2.38. The molecule has 0 saturated carbocycles. The van der Waals surface area contributed by atoms with Gasteiger partial charge in [0.15, 0.2) is 6.10 Å². The summed E-state index contributed by atoms with van der Waals surface area (Å²) in [5, 5.41) is 11.9. The van der Waals surface area contributed by atoms with Gasteiger partial charge in [0.05, 0.1) is 6.54 Å². The summed E-state index contributed by atoms with van der Waals surface area (Å²) in [6, 6.07) is 11.8. The largest absolute Gasteiger partial charge is 0.492 e. The first kappa shape index (κ1) is 29.0. The maximum atomic E-state index is 13.1. The third-order valence-electron chi connectivity index (χ3n) is 5.29. The summed E-state index contributed by atoms with van der Waals surface area (Å²) < 4.78 is 50.3. The summed E-state index contributed by atoms with van der Waals surface area (Å²) in [6.07, 6.45) is -0.333. The molecule has 0 radical (unpaired) electrons. The number of anilines is 1. The van der Waals surface area contributed by atoms with E-state index in [9.17, 15) is 27.9 Å². The number of rotatable bonds is 15. The molecule has 0 saturated heterocycles. The Morgan fingerprint density at radius 2 is 1.72 bits per heavy atom. The van der Waals surface area contributed by atoms with Gasteiger partial charge in [-0.25, -0.2) is 22.8 Å². The molecule has 10 heteroatoms.